The summed E-state index contributed by atoms with van der Waals surface area (Å²) in [5.74, 6) is 0. The van der Waals surface area contributed by atoms with Crippen molar-refractivity contribution in [1.29, 1.82) is 0 Å². The van der Waals surface area contributed by atoms with Crippen molar-refractivity contribution in [3.05, 3.63) is 40.4 Å². The highest BCUT2D eigenvalue weighted by molar-refractivity contribution is 5.80. The molecule has 0 aromatic carbocycles. The Balaban J connectivity index is 2.97. The lowest BCUT2D eigenvalue weighted by molar-refractivity contribution is 0.855. The molecule has 0 saturated heterocycles. The lowest BCUT2D eigenvalue weighted by atomic mass is 10.1. The van der Waals surface area contributed by atoms with Crippen LogP contribution in [0.5, 0.6) is 0 Å². The first-order valence-corrected chi connectivity index (χ1v) is 4.67. The quantitative estimate of drug-likeness (QED) is 0.679. The Morgan fingerprint density at radius 2 is 2.29 bits per heavy atom. The fourth-order valence-electron chi connectivity index (χ4n) is 1.64. The summed E-state index contributed by atoms with van der Waals surface area (Å²) < 4.78 is 1.61. The summed E-state index contributed by atoms with van der Waals surface area (Å²) in [7, 11) is 1.77. The van der Waals surface area contributed by atoms with Crippen molar-refractivity contribution in [2.24, 2.45) is 7.05 Å². The Morgan fingerprint density at radius 1 is 1.50 bits per heavy atom. The molecule has 2 heterocycles. The van der Waals surface area contributed by atoms with Crippen LogP contribution < -0.4 is 5.56 Å². The zero-order valence-electron chi connectivity index (χ0n) is 8.32. The van der Waals surface area contributed by atoms with Crippen LogP contribution >= 0.6 is 0 Å². The van der Waals surface area contributed by atoms with E-state index >= 15 is 0 Å². The average molecular weight is 188 g/mol. The first-order valence-electron chi connectivity index (χ1n) is 4.67. The highest BCUT2D eigenvalue weighted by atomic mass is 16.1. The average Bonchev–Trinajstić information content (AvgIpc) is 2.23. The molecular formula is C11H12N2O. The van der Waals surface area contributed by atoms with Gasteiger partial charge in [-0.3, -0.25) is 9.78 Å². The first-order chi connectivity index (χ1) is 6.74. The maximum atomic E-state index is 11.7. The third-order valence-electron chi connectivity index (χ3n) is 2.39. The Kier molecular flexibility index (Phi) is 2.08. The third kappa shape index (κ3) is 1.21. The summed E-state index contributed by atoms with van der Waals surface area (Å²) in [5, 5.41) is 0.703. The fraction of sp³-hybridized carbons (Fsp3) is 0.273. The fourth-order valence-corrected chi connectivity index (χ4v) is 1.64. The molecule has 0 aliphatic carbocycles. The molecule has 0 amide bonds. The molecular weight excluding hydrogens is 176 g/mol. The highest BCUT2D eigenvalue weighted by Gasteiger charge is 2.05. The number of hydrogen-bond acceptors (Lipinski definition) is 2. The molecule has 0 saturated carbocycles. The zero-order chi connectivity index (χ0) is 10.1. The van der Waals surface area contributed by atoms with E-state index in [0.717, 1.165) is 17.5 Å². The zero-order valence-corrected chi connectivity index (χ0v) is 8.32. The van der Waals surface area contributed by atoms with Crippen LogP contribution in [0.25, 0.3) is 10.9 Å². The van der Waals surface area contributed by atoms with Gasteiger partial charge < -0.3 is 4.57 Å². The normalized spacial score (nSPS) is 10.7. The number of nitrogens with zero attached hydrogens (tertiary/aromatic N) is 2. The van der Waals surface area contributed by atoms with E-state index in [1.54, 1.807) is 23.9 Å². The number of pyridine rings is 2. The summed E-state index contributed by atoms with van der Waals surface area (Å²) >= 11 is 0. The number of fused-ring (bicyclic) bond motifs is 1. The molecule has 0 radical (unpaired) electrons. The largest absolute Gasteiger partial charge is 0.318 e. The number of aromatic nitrogens is 2. The molecule has 0 unspecified atom stereocenters. The second-order valence-corrected chi connectivity index (χ2v) is 3.32. The van der Waals surface area contributed by atoms with E-state index in [1.165, 1.54) is 0 Å². The van der Waals surface area contributed by atoms with Crippen molar-refractivity contribution in [3.8, 4) is 0 Å². The van der Waals surface area contributed by atoms with Crippen LogP contribution in [-0.4, -0.2) is 9.55 Å². The van der Waals surface area contributed by atoms with Gasteiger partial charge in [0.2, 0.25) is 0 Å². The predicted octanol–water partition coefficient (Wildman–Crippen LogP) is 1.50. The molecule has 0 atom stereocenters. The smallest absolute Gasteiger partial charge is 0.259 e. The summed E-state index contributed by atoms with van der Waals surface area (Å²) in [6.45, 7) is 2.06. The Hall–Kier alpha value is -1.64. The van der Waals surface area contributed by atoms with E-state index in [-0.39, 0.29) is 5.56 Å². The van der Waals surface area contributed by atoms with Crippen LogP contribution in [-0.2, 0) is 13.5 Å². The highest BCUT2D eigenvalue weighted by Crippen LogP contribution is 2.11. The SMILES string of the molecule is CCc1cn(C)c(=O)c2cccnc12. The molecule has 72 valence electrons. The molecule has 2 aromatic heterocycles. The molecule has 2 aromatic rings. The van der Waals surface area contributed by atoms with E-state index in [1.807, 2.05) is 12.3 Å². The van der Waals surface area contributed by atoms with Gasteiger partial charge in [-0.2, -0.15) is 0 Å². The van der Waals surface area contributed by atoms with Crippen molar-refractivity contribution in [2.75, 3.05) is 0 Å². The van der Waals surface area contributed by atoms with Crippen molar-refractivity contribution in [3.63, 3.8) is 0 Å². The Morgan fingerprint density at radius 3 is 3.00 bits per heavy atom. The van der Waals surface area contributed by atoms with E-state index in [9.17, 15) is 4.79 Å². The van der Waals surface area contributed by atoms with Gasteiger partial charge in [0.15, 0.2) is 0 Å². The lowest BCUT2D eigenvalue weighted by Crippen LogP contribution is -2.17. The van der Waals surface area contributed by atoms with Gasteiger partial charge in [0.25, 0.3) is 5.56 Å². The molecule has 0 bridgehead atoms. The van der Waals surface area contributed by atoms with Gasteiger partial charge in [-0.15, -0.1) is 0 Å². The van der Waals surface area contributed by atoms with Crippen LogP contribution in [0.1, 0.15) is 12.5 Å². The van der Waals surface area contributed by atoms with Gasteiger partial charge >= 0.3 is 0 Å². The van der Waals surface area contributed by atoms with E-state index in [0.29, 0.717) is 5.39 Å². The summed E-state index contributed by atoms with van der Waals surface area (Å²) in [6, 6.07) is 3.62. The minimum absolute atomic E-state index is 0.0188. The topological polar surface area (TPSA) is 34.9 Å². The van der Waals surface area contributed by atoms with Crippen LogP contribution in [0.3, 0.4) is 0 Å². The minimum atomic E-state index is 0.0188. The molecule has 3 nitrogen and oxygen atoms in total. The van der Waals surface area contributed by atoms with Gasteiger partial charge in [-0.05, 0) is 24.1 Å². The molecule has 0 spiro atoms. The Labute approximate surface area is 82.0 Å². The summed E-state index contributed by atoms with van der Waals surface area (Å²) in [5.41, 5.74) is 1.96. The number of rotatable bonds is 1. The second-order valence-electron chi connectivity index (χ2n) is 3.32. The minimum Gasteiger partial charge on any atom is -0.318 e. The van der Waals surface area contributed by atoms with Crippen molar-refractivity contribution < 1.29 is 0 Å². The molecule has 0 aliphatic heterocycles. The lowest BCUT2D eigenvalue weighted by Gasteiger charge is -2.05. The van der Waals surface area contributed by atoms with Gasteiger partial charge in [0.1, 0.15) is 0 Å². The molecule has 0 N–H and O–H groups in total. The summed E-state index contributed by atoms with van der Waals surface area (Å²) in [6.07, 6.45) is 4.47. The van der Waals surface area contributed by atoms with Crippen LogP contribution in [0.15, 0.2) is 29.3 Å². The van der Waals surface area contributed by atoms with Crippen molar-refractivity contribution in [1.82, 2.24) is 9.55 Å². The Bertz CT molecular complexity index is 528. The summed E-state index contributed by atoms with van der Waals surface area (Å²) in [4.78, 5) is 16.0. The molecule has 0 fully saturated rings. The number of hydrogen-bond donors (Lipinski definition) is 0. The predicted molar refractivity (Wildman–Crippen MR) is 56.4 cm³/mol. The van der Waals surface area contributed by atoms with Crippen molar-refractivity contribution in [2.45, 2.75) is 13.3 Å². The molecule has 0 aliphatic rings. The first kappa shape index (κ1) is 8.94. The van der Waals surface area contributed by atoms with Gasteiger partial charge in [-0.25, -0.2) is 0 Å². The standard InChI is InChI=1S/C11H12N2O/c1-3-8-7-13(2)11(14)9-5-4-6-12-10(8)9/h4-7H,3H2,1-2H3. The second kappa shape index (κ2) is 3.25. The third-order valence-corrected chi connectivity index (χ3v) is 2.39. The van der Waals surface area contributed by atoms with Crippen LogP contribution in [0.4, 0.5) is 0 Å². The van der Waals surface area contributed by atoms with E-state index < -0.39 is 0 Å². The van der Waals surface area contributed by atoms with E-state index in [4.69, 9.17) is 0 Å². The van der Waals surface area contributed by atoms with Crippen LogP contribution in [0, 0.1) is 0 Å². The van der Waals surface area contributed by atoms with Gasteiger partial charge in [-0.1, -0.05) is 6.92 Å². The monoisotopic (exact) mass is 188 g/mol. The van der Waals surface area contributed by atoms with E-state index in [2.05, 4.69) is 11.9 Å². The maximum Gasteiger partial charge on any atom is 0.259 e. The van der Waals surface area contributed by atoms with Gasteiger partial charge in [0, 0.05) is 19.4 Å². The number of aryl methyl sites for hydroxylation is 2. The molecule has 2 rings (SSSR count). The van der Waals surface area contributed by atoms with Crippen molar-refractivity contribution >= 4 is 10.9 Å². The van der Waals surface area contributed by atoms with Gasteiger partial charge in [0.05, 0.1) is 10.9 Å². The van der Waals surface area contributed by atoms with Crippen LogP contribution in [0.2, 0.25) is 0 Å². The maximum absolute atomic E-state index is 11.7. The molecule has 3 heteroatoms. The molecule has 14 heavy (non-hydrogen) atoms.